The first-order valence-electron chi connectivity index (χ1n) is 1.45. The Hall–Kier alpha value is 0.784. The summed E-state index contributed by atoms with van der Waals surface area (Å²) in [6.07, 6.45) is 0. The number of rotatable bonds is 0. The van der Waals surface area contributed by atoms with Gasteiger partial charge < -0.3 is 0 Å². The van der Waals surface area contributed by atoms with Gasteiger partial charge in [0.2, 0.25) is 0 Å². The van der Waals surface area contributed by atoms with Gasteiger partial charge in [-0.1, -0.05) is 0 Å². The molecule has 2 nitrogen and oxygen atoms in total. The molecule has 0 spiro atoms. The standard InChI is InChI=1S/H9O2PSi2/c1-3(2,4)5/h1-3H,4-5H3. The van der Waals surface area contributed by atoms with Crippen LogP contribution in [0.5, 0.6) is 0 Å². The zero-order valence-corrected chi connectivity index (χ0v) is 8.39. The van der Waals surface area contributed by atoms with Crippen LogP contribution in [-0.4, -0.2) is 29.6 Å². The second-order valence-corrected chi connectivity index (χ2v) is 21.8. The predicted octanol–water partition coefficient (Wildman–Crippen LogP) is -2.89. The van der Waals surface area contributed by atoms with Gasteiger partial charge in [-0.25, -0.2) is 0 Å². The van der Waals surface area contributed by atoms with Crippen molar-refractivity contribution in [1.29, 1.82) is 0 Å². The van der Waals surface area contributed by atoms with Gasteiger partial charge in [0, 0.05) is 0 Å². The molecule has 0 radical (unpaired) electrons. The summed E-state index contributed by atoms with van der Waals surface area (Å²) < 4.78 is 0. The third-order valence-electron chi connectivity index (χ3n) is 0. The minimum absolute atomic E-state index is 0.620. The molecular weight excluding hydrogens is 119 g/mol. The van der Waals surface area contributed by atoms with E-state index in [4.69, 9.17) is 9.79 Å². The van der Waals surface area contributed by atoms with Crippen molar-refractivity contribution in [2.24, 2.45) is 0 Å². The quantitative estimate of drug-likeness (QED) is 0.272. The summed E-state index contributed by atoms with van der Waals surface area (Å²) in [6.45, 7) is -2.33. The molecule has 0 aliphatic rings. The summed E-state index contributed by atoms with van der Waals surface area (Å²) in [4.78, 5) is 16.7. The van der Waals surface area contributed by atoms with Crippen molar-refractivity contribution in [3.8, 4) is 0 Å². The van der Waals surface area contributed by atoms with E-state index in [1.54, 1.807) is 0 Å². The molecular formula is H9O2PSi2. The first-order valence-corrected chi connectivity index (χ1v) is 10.3. The van der Waals surface area contributed by atoms with Crippen LogP contribution in [-0.2, 0) is 0 Å². The van der Waals surface area contributed by atoms with E-state index in [1.165, 1.54) is 0 Å². The average molecular weight is 128 g/mol. The topological polar surface area (TPSA) is 40.5 Å². The zero-order chi connectivity index (χ0) is 4.50. The van der Waals surface area contributed by atoms with Crippen molar-refractivity contribution in [1.82, 2.24) is 0 Å². The normalized spacial score (nSPS) is 16.4. The molecule has 0 aliphatic carbocycles. The molecule has 0 saturated heterocycles. The van der Waals surface area contributed by atoms with Gasteiger partial charge in [0.1, 0.15) is 0 Å². The Balaban J connectivity index is 3.02. The molecule has 0 rings (SSSR count). The predicted molar refractivity (Wildman–Crippen MR) is 32.6 cm³/mol. The van der Waals surface area contributed by atoms with Gasteiger partial charge in [-0.05, 0) is 0 Å². The molecule has 34 valence electrons. The van der Waals surface area contributed by atoms with E-state index in [-0.39, 0.29) is 0 Å². The van der Waals surface area contributed by atoms with Crippen LogP contribution in [0.1, 0.15) is 0 Å². The maximum atomic E-state index is 8.34. The summed E-state index contributed by atoms with van der Waals surface area (Å²) in [6, 6.07) is 0. The van der Waals surface area contributed by atoms with Crippen LogP contribution in [0.4, 0.5) is 0 Å². The van der Waals surface area contributed by atoms with Gasteiger partial charge in [-0.15, -0.1) is 0 Å². The second-order valence-electron chi connectivity index (χ2n) is 1.49. The molecule has 0 bridgehead atoms. The van der Waals surface area contributed by atoms with Crippen molar-refractivity contribution >= 4 is 26.6 Å². The molecule has 0 unspecified atom stereocenters. The monoisotopic (exact) mass is 128 g/mol. The van der Waals surface area contributed by atoms with Crippen molar-refractivity contribution in [2.75, 3.05) is 0 Å². The Kier molecular flexibility index (Phi) is 1.72. The summed E-state index contributed by atoms with van der Waals surface area (Å²) >= 11 is 0. The van der Waals surface area contributed by atoms with Crippen molar-refractivity contribution < 1.29 is 9.79 Å². The van der Waals surface area contributed by atoms with E-state index in [2.05, 4.69) is 0 Å². The van der Waals surface area contributed by atoms with Crippen molar-refractivity contribution in [3.63, 3.8) is 0 Å². The molecule has 0 saturated carbocycles. The van der Waals surface area contributed by atoms with E-state index in [0.717, 1.165) is 0 Å². The third-order valence-corrected chi connectivity index (χ3v) is 0. The Morgan fingerprint density at radius 2 is 1.20 bits per heavy atom. The fraction of sp³-hybridized carbons (Fsp3) is 0. The van der Waals surface area contributed by atoms with Crippen LogP contribution >= 0.6 is 6.81 Å². The molecule has 0 aromatic heterocycles. The van der Waals surface area contributed by atoms with Crippen LogP contribution in [0.3, 0.4) is 0 Å². The maximum absolute atomic E-state index is 8.34. The fourth-order valence-corrected chi connectivity index (χ4v) is 0. The number of hydrogen-bond acceptors (Lipinski definition) is 2. The number of hydrogen-bond donors (Lipinski definition) is 2. The summed E-state index contributed by atoms with van der Waals surface area (Å²) in [5, 5.41) is 0. The molecule has 0 aromatic rings. The van der Waals surface area contributed by atoms with E-state index < -0.39 is 6.81 Å². The molecule has 0 atom stereocenters. The Labute approximate surface area is 37.3 Å². The molecule has 2 N–H and O–H groups in total. The van der Waals surface area contributed by atoms with E-state index >= 15 is 0 Å². The summed E-state index contributed by atoms with van der Waals surface area (Å²) in [5.41, 5.74) is 0. The van der Waals surface area contributed by atoms with Crippen LogP contribution in [0, 0.1) is 0 Å². The average Bonchev–Trinajstić information content (AvgIpc) is 0.722. The summed E-state index contributed by atoms with van der Waals surface area (Å²) in [7, 11) is 1.24. The Morgan fingerprint density at radius 1 is 1.20 bits per heavy atom. The van der Waals surface area contributed by atoms with Gasteiger partial charge in [0.05, 0.1) is 0 Å². The van der Waals surface area contributed by atoms with Crippen LogP contribution < -0.4 is 0 Å². The van der Waals surface area contributed by atoms with E-state index in [0.29, 0.717) is 19.8 Å². The Morgan fingerprint density at radius 3 is 1.20 bits per heavy atom. The first-order chi connectivity index (χ1) is 2.00. The minimum atomic E-state index is -2.33. The summed E-state index contributed by atoms with van der Waals surface area (Å²) in [5.74, 6) is 0. The third kappa shape index (κ3) is 60.3. The Bertz CT molecular complexity index is 23.1. The molecule has 0 heterocycles. The fourth-order valence-electron chi connectivity index (χ4n) is 0. The SMILES string of the molecule is O[PH](O)([SiH3])[SiH3]. The molecule has 0 aliphatic heterocycles. The van der Waals surface area contributed by atoms with Crippen molar-refractivity contribution in [3.05, 3.63) is 0 Å². The zero-order valence-electron chi connectivity index (χ0n) is 3.39. The van der Waals surface area contributed by atoms with E-state index in [1.807, 2.05) is 0 Å². The van der Waals surface area contributed by atoms with Crippen molar-refractivity contribution in [2.45, 2.75) is 0 Å². The van der Waals surface area contributed by atoms with Gasteiger partial charge in [-0.3, -0.25) is 0 Å². The first kappa shape index (κ1) is 5.78. The van der Waals surface area contributed by atoms with Gasteiger partial charge >= 0.3 is 36.4 Å². The molecule has 5 heteroatoms. The van der Waals surface area contributed by atoms with Gasteiger partial charge in [-0.2, -0.15) is 0 Å². The van der Waals surface area contributed by atoms with E-state index in [9.17, 15) is 0 Å². The van der Waals surface area contributed by atoms with Gasteiger partial charge in [0.25, 0.3) is 0 Å². The molecule has 0 amide bonds. The molecule has 0 aromatic carbocycles. The van der Waals surface area contributed by atoms with Crippen LogP contribution in [0.2, 0.25) is 0 Å². The molecule has 5 heavy (non-hydrogen) atoms. The molecule has 0 fully saturated rings. The second kappa shape index (κ2) is 1.49. The van der Waals surface area contributed by atoms with Crippen LogP contribution in [0.25, 0.3) is 0 Å². The van der Waals surface area contributed by atoms with Gasteiger partial charge in [0.15, 0.2) is 0 Å². The van der Waals surface area contributed by atoms with Crippen LogP contribution in [0.15, 0.2) is 0 Å².